The molecule has 0 radical (unpaired) electrons. The topological polar surface area (TPSA) is 36.9 Å². The lowest BCUT2D eigenvalue weighted by Gasteiger charge is -2.10. The molecule has 0 saturated carbocycles. The van der Waals surface area contributed by atoms with Gasteiger partial charge in [-0.15, -0.1) is 0 Å². The number of rotatable bonds is 4. The average Bonchev–Trinajstić information content (AvgIpc) is 3.00. The molecule has 1 aliphatic carbocycles. The van der Waals surface area contributed by atoms with Crippen LogP contribution in [0.3, 0.4) is 0 Å². The van der Waals surface area contributed by atoms with Crippen LogP contribution in [0.1, 0.15) is 44.5 Å². The second-order valence-corrected chi connectivity index (χ2v) is 8.60. The van der Waals surface area contributed by atoms with Crippen LogP contribution in [-0.4, -0.2) is 28.4 Å². The number of methoxy groups -OCH3 is 4. The average molecular weight is 521 g/mol. The lowest BCUT2D eigenvalue weighted by atomic mass is 10.0. The zero-order valence-electron chi connectivity index (χ0n) is 22.6. The summed E-state index contributed by atoms with van der Waals surface area (Å²) in [5.74, 6) is 28.6. The highest BCUT2D eigenvalue weighted by molar-refractivity contribution is 5.65. The summed E-state index contributed by atoms with van der Waals surface area (Å²) < 4.78 is 22.1. The molecule has 0 spiro atoms. The molecule has 0 bridgehead atoms. The Bertz CT molecular complexity index is 1590. The van der Waals surface area contributed by atoms with E-state index in [1.807, 2.05) is 72.8 Å². The second kappa shape index (κ2) is 11.8. The highest BCUT2D eigenvalue weighted by Crippen LogP contribution is 2.31. The van der Waals surface area contributed by atoms with E-state index in [2.05, 4.69) is 47.4 Å². The SMILES string of the molecule is COc1cc2c(cc1OC)C#Cc1ccccc1C#Cc1cc(OC)c(OC)cc1C#Cc1ccccc1C#C2. The fraction of sp³-hybridized carbons (Fsp3) is 0.111. The van der Waals surface area contributed by atoms with Crippen molar-refractivity contribution in [3.63, 3.8) is 0 Å². The summed E-state index contributed by atoms with van der Waals surface area (Å²) in [5.41, 5.74) is 6.00. The van der Waals surface area contributed by atoms with E-state index in [9.17, 15) is 0 Å². The van der Waals surface area contributed by atoms with Crippen molar-refractivity contribution in [1.82, 2.24) is 0 Å². The van der Waals surface area contributed by atoms with Crippen molar-refractivity contribution in [2.24, 2.45) is 0 Å². The molecule has 0 saturated heterocycles. The fourth-order valence-electron chi connectivity index (χ4n) is 4.11. The fourth-order valence-corrected chi connectivity index (χ4v) is 4.11. The van der Waals surface area contributed by atoms with E-state index in [0.717, 1.165) is 22.3 Å². The zero-order chi connectivity index (χ0) is 27.9. The van der Waals surface area contributed by atoms with Crippen LogP contribution in [-0.2, 0) is 0 Å². The van der Waals surface area contributed by atoms with E-state index >= 15 is 0 Å². The molecular weight excluding hydrogens is 496 g/mol. The molecule has 192 valence electrons. The molecule has 5 rings (SSSR count). The normalized spacial score (nSPS) is 10.5. The van der Waals surface area contributed by atoms with Gasteiger partial charge in [0, 0.05) is 68.8 Å². The van der Waals surface area contributed by atoms with Gasteiger partial charge in [0.2, 0.25) is 0 Å². The molecule has 0 aromatic heterocycles. The van der Waals surface area contributed by atoms with Gasteiger partial charge in [-0.1, -0.05) is 71.6 Å². The molecule has 0 heterocycles. The van der Waals surface area contributed by atoms with Crippen LogP contribution in [0.2, 0.25) is 0 Å². The number of fused-ring (bicyclic) bond motifs is 4. The predicted octanol–water partition coefficient (Wildman–Crippen LogP) is 5.63. The van der Waals surface area contributed by atoms with Crippen molar-refractivity contribution in [1.29, 1.82) is 0 Å². The Kier molecular flexibility index (Phi) is 7.65. The summed E-state index contributed by atoms with van der Waals surface area (Å²) >= 11 is 0. The van der Waals surface area contributed by atoms with E-state index in [-0.39, 0.29) is 0 Å². The van der Waals surface area contributed by atoms with Crippen LogP contribution in [0.15, 0.2) is 72.8 Å². The number of ether oxygens (including phenoxy) is 4. The Morgan fingerprint density at radius 2 is 0.525 bits per heavy atom. The lowest BCUT2D eigenvalue weighted by Crippen LogP contribution is -1.95. The maximum atomic E-state index is 5.54. The first kappa shape index (κ1) is 25.9. The third-order valence-electron chi connectivity index (χ3n) is 6.23. The molecule has 0 atom stereocenters. The van der Waals surface area contributed by atoms with Crippen molar-refractivity contribution in [2.75, 3.05) is 28.4 Å². The molecule has 0 unspecified atom stereocenters. The van der Waals surface area contributed by atoms with Gasteiger partial charge >= 0.3 is 0 Å². The molecule has 1 aliphatic rings. The summed E-state index contributed by atoms with van der Waals surface area (Å²) in [6.45, 7) is 0. The van der Waals surface area contributed by atoms with Crippen molar-refractivity contribution >= 4 is 0 Å². The van der Waals surface area contributed by atoms with Crippen LogP contribution in [0.25, 0.3) is 0 Å². The molecule has 40 heavy (non-hydrogen) atoms. The van der Waals surface area contributed by atoms with Gasteiger partial charge in [0.15, 0.2) is 23.0 Å². The Morgan fingerprint density at radius 3 is 0.725 bits per heavy atom. The summed E-state index contributed by atoms with van der Waals surface area (Å²) in [6.07, 6.45) is 0. The highest BCUT2D eigenvalue weighted by atomic mass is 16.5. The third-order valence-corrected chi connectivity index (χ3v) is 6.23. The summed E-state index contributed by atoms with van der Waals surface area (Å²) in [4.78, 5) is 0. The molecular formula is C36H24O4. The van der Waals surface area contributed by atoms with Gasteiger partial charge in [0.05, 0.1) is 28.4 Å². The first-order valence-electron chi connectivity index (χ1n) is 12.4. The van der Waals surface area contributed by atoms with Crippen LogP contribution in [0.5, 0.6) is 23.0 Å². The highest BCUT2D eigenvalue weighted by Gasteiger charge is 2.11. The Morgan fingerprint density at radius 1 is 0.325 bits per heavy atom. The monoisotopic (exact) mass is 520 g/mol. The first-order valence-corrected chi connectivity index (χ1v) is 12.4. The van der Waals surface area contributed by atoms with Crippen molar-refractivity contribution in [3.8, 4) is 70.4 Å². The lowest BCUT2D eigenvalue weighted by molar-refractivity contribution is 0.355. The maximum absolute atomic E-state index is 5.54. The summed E-state index contributed by atoms with van der Waals surface area (Å²) in [6, 6.07) is 22.9. The van der Waals surface area contributed by atoms with E-state index in [0.29, 0.717) is 45.3 Å². The van der Waals surface area contributed by atoms with E-state index in [4.69, 9.17) is 18.9 Å². The Balaban J connectivity index is 1.81. The summed E-state index contributed by atoms with van der Waals surface area (Å²) in [7, 11) is 6.39. The Hall–Kier alpha value is -5.68. The molecule has 0 fully saturated rings. The van der Waals surface area contributed by atoms with Gasteiger partial charge in [0.1, 0.15) is 0 Å². The molecule has 0 N–H and O–H groups in total. The van der Waals surface area contributed by atoms with Crippen LogP contribution in [0, 0.1) is 47.4 Å². The van der Waals surface area contributed by atoms with Crippen molar-refractivity contribution in [2.45, 2.75) is 0 Å². The van der Waals surface area contributed by atoms with Crippen LogP contribution < -0.4 is 18.9 Å². The van der Waals surface area contributed by atoms with E-state index in [1.165, 1.54) is 0 Å². The standard InChI is InChI=1S/C36H24O4/c1-37-33-21-29-17-13-25-9-5-6-11-27(25)15-19-31-23-35(39-3)36(40-4)24-32(31)20-16-28-12-8-7-10-26(28)14-18-30(29)22-34(33)38-2/h5-12,21-24H,1-4H3. The van der Waals surface area contributed by atoms with Gasteiger partial charge in [-0.3, -0.25) is 0 Å². The van der Waals surface area contributed by atoms with Gasteiger partial charge in [-0.25, -0.2) is 0 Å². The predicted molar refractivity (Wildman–Crippen MR) is 156 cm³/mol. The first-order chi connectivity index (χ1) is 19.6. The van der Waals surface area contributed by atoms with E-state index < -0.39 is 0 Å². The molecule has 0 aliphatic heterocycles. The molecule has 0 amide bonds. The smallest absolute Gasteiger partial charge is 0.162 e. The number of hydrogen-bond donors (Lipinski definition) is 0. The largest absolute Gasteiger partial charge is 0.493 e. The quantitative estimate of drug-likeness (QED) is 0.288. The van der Waals surface area contributed by atoms with Crippen molar-refractivity contribution in [3.05, 3.63) is 117 Å². The van der Waals surface area contributed by atoms with Gasteiger partial charge in [-0.05, 0) is 24.3 Å². The van der Waals surface area contributed by atoms with Crippen LogP contribution in [0.4, 0.5) is 0 Å². The van der Waals surface area contributed by atoms with Gasteiger partial charge in [0.25, 0.3) is 0 Å². The van der Waals surface area contributed by atoms with Gasteiger partial charge < -0.3 is 18.9 Å². The molecule has 4 aromatic carbocycles. The molecule has 4 nitrogen and oxygen atoms in total. The van der Waals surface area contributed by atoms with Crippen molar-refractivity contribution < 1.29 is 18.9 Å². The zero-order valence-corrected chi connectivity index (χ0v) is 22.6. The van der Waals surface area contributed by atoms with E-state index in [1.54, 1.807) is 28.4 Å². The summed E-state index contributed by atoms with van der Waals surface area (Å²) in [5, 5.41) is 0. The minimum absolute atomic E-state index is 0.576. The number of benzene rings is 4. The molecule has 4 aromatic rings. The third kappa shape index (κ3) is 5.44. The Labute approximate surface area is 234 Å². The van der Waals surface area contributed by atoms with Gasteiger partial charge in [-0.2, -0.15) is 0 Å². The number of hydrogen-bond acceptors (Lipinski definition) is 4. The second-order valence-electron chi connectivity index (χ2n) is 8.60. The minimum atomic E-state index is 0.576. The minimum Gasteiger partial charge on any atom is -0.493 e. The maximum Gasteiger partial charge on any atom is 0.162 e. The van der Waals surface area contributed by atoms with Crippen LogP contribution >= 0.6 is 0 Å². The molecule has 4 heteroatoms.